The second-order valence-electron chi connectivity index (χ2n) is 8.54. The standard InChI is InChI=1S/C25H29N3O5/c1-25(2,3)33-24(30)26-28(17-29)14-8-4-5-9-15-32-18-12-13-20-19-10-6-7-11-21(19)23(27-31)22(20)16-18/h5-7,9-13,16-17,31H,4,8,14-15H2,1-3H3,(H,26,30)/b9-5+,27-23-. The van der Waals surface area contributed by atoms with Crippen molar-refractivity contribution in [3.8, 4) is 16.9 Å². The van der Waals surface area contributed by atoms with Crippen LogP contribution < -0.4 is 10.2 Å². The molecule has 8 heteroatoms. The molecule has 0 unspecified atom stereocenters. The number of carbonyl (C=O) groups excluding carboxylic acids is 2. The van der Waals surface area contributed by atoms with Crippen molar-refractivity contribution in [1.82, 2.24) is 10.4 Å². The van der Waals surface area contributed by atoms with Crippen LogP contribution in [0, 0.1) is 0 Å². The average molecular weight is 452 g/mol. The van der Waals surface area contributed by atoms with Crippen LogP contribution in [0.2, 0.25) is 0 Å². The van der Waals surface area contributed by atoms with Gasteiger partial charge in [-0.3, -0.25) is 9.80 Å². The minimum Gasteiger partial charge on any atom is -0.490 e. The smallest absolute Gasteiger partial charge is 0.426 e. The van der Waals surface area contributed by atoms with Gasteiger partial charge in [0, 0.05) is 17.7 Å². The van der Waals surface area contributed by atoms with Gasteiger partial charge in [-0.05, 0) is 62.9 Å². The van der Waals surface area contributed by atoms with Gasteiger partial charge in [-0.15, -0.1) is 0 Å². The summed E-state index contributed by atoms with van der Waals surface area (Å²) in [4.78, 5) is 22.8. The van der Waals surface area contributed by atoms with E-state index < -0.39 is 11.7 Å². The summed E-state index contributed by atoms with van der Waals surface area (Å²) in [7, 11) is 0. The zero-order chi connectivity index (χ0) is 23.8. The summed E-state index contributed by atoms with van der Waals surface area (Å²) in [5.41, 5.74) is 6.12. The molecular weight excluding hydrogens is 422 g/mol. The molecule has 0 spiro atoms. The molecule has 0 fully saturated rings. The highest BCUT2D eigenvalue weighted by Gasteiger charge is 2.25. The van der Waals surface area contributed by atoms with Crippen LogP contribution in [0.25, 0.3) is 11.1 Å². The Bertz CT molecular complexity index is 1060. The van der Waals surface area contributed by atoms with Crippen molar-refractivity contribution in [3.05, 3.63) is 65.7 Å². The lowest BCUT2D eigenvalue weighted by molar-refractivity contribution is -0.121. The summed E-state index contributed by atoms with van der Waals surface area (Å²) in [5.74, 6) is 0.682. The minimum atomic E-state index is -0.662. The third-order valence-corrected chi connectivity index (χ3v) is 4.86. The normalized spacial score (nSPS) is 13.5. The fraction of sp³-hybridized carbons (Fsp3) is 0.320. The molecule has 0 bridgehead atoms. The van der Waals surface area contributed by atoms with Crippen molar-refractivity contribution in [1.29, 1.82) is 0 Å². The largest absolute Gasteiger partial charge is 0.490 e. The molecule has 174 valence electrons. The molecule has 8 nitrogen and oxygen atoms in total. The number of fused-ring (bicyclic) bond motifs is 3. The van der Waals surface area contributed by atoms with E-state index in [-0.39, 0.29) is 0 Å². The number of ether oxygens (including phenoxy) is 2. The first-order valence-electron chi connectivity index (χ1n) is 10.8. The Kier molecular flexibility index (Phi) is 7.71. The number of unbranched alkanes of at least 4 members (excludes halogenated alkanes) is 1. The number of oxime groups is 1. The van der Waals surface area contributed by atoms with Gasteiger partial charge in [0.05, 0.1) is 0 Å². The number of allylic oxidation sites excluding steroid dienone is 1. The van der Waals surface area contributed by atoms with E-state index in [1.54, 1.807) is 20.8 Å². The first-order valence-corrected chi connectivity index (χ1v) is 10.8. The van der Waals surface area contributed by atoms with Gasteiger partial charge in [-0.1, -0.05) is 41.6 Å². The SMILES string of the molecule is CC(C)(C)OC(=O)NN(C=O)CCC/C=C/COc1ccc2c(c1)/C(=N\O)c1ccccc1-2. The number of nitrogens with zero attached hydrogens (tertiary/aromatic N) is 2. The van der Waals surface area contributed by atoms with Gasteiger partial charge in [0.1, 0.15) is 23.7 Å². The highest BCUT2D eigenvalue weighted by molar-refractivity contribution is 6.24. The highest BCUT2D eigenvalue weighted by atomic mass is 16.6. The van der Waals surface area contributed by atoms with Crippen LogP contribution in [0.4, 0.5) is 4.79 Å². The van der Waals surface area contributed by atoms with Crippen molar-refractivity contribution in [2.75, 3.05) is 13.2 Å². The van der Waals surface area contributed by atoms with E-state index in [9.17, 15) is 14.8 Å². The van der Waals surface area contributed by atoms with E-state index >= 15 is 0 Å². The molecule has 0 aromatic heterocycles. The van der Waals surface area contributed by atoms with Gasteiger partial charge in [-0.25, -0.2) is 10.2 Å². The van der Waals surface area contributed by atoms with Crippen molar-refractivity contribution in [3.63, 3.8) is 0 Å². The van der Waals surface area contributed by atoms with E-state index in [0.29, 0.717) is 43.9 Å². The van der Waals surface area contributed by atoms with Gasteiger partial charge >= 0.3 is 6.09 Å². The monoisotopic (exact) mass is 451 g/mol. The lowest BCUT2D eigenvalue weighted by atomic mass is 10.1. The number of nitrogens with one attached hydrogen (secondary N) is 1. The van der Waals surface area contributed by atoms with Crippen LogP contribution in [-0.4, -0.2) is 47.2 Å². The molecule has 0 saturated carbocycles. The lowest BCUT2D eigenvalue weighted by Crippen LogP contribution is -2.44. The molecule has 2 aromatic carbocycles. The number of hydrogen-bond donors (Lipinski definition) is 2. The Labute approximate surface area is 193 Å². The molecule has 0 heterocycles. The quantitative estimate of drug-likeness (QED) is 0.164. The maximum Gasteiger partial charge on any atom is 0.426 e. The first-order chi connectivity index (χ1) is 15.8. The average Bonchev–Trinajstić information content (AvgIpc) is 3.09. The number of amides is 2. The van der Waals surface area contributed by atoms with E-state index in [0.717, 1.165) is 22.3 Å². The molecule has 2 amide bonds. The zero-order valence-corrected chi connectivity index (χ0v) is 19.1. The number of carbonyl (C=O) groups is 2. The van der Waals surface area contributed by atoms with Crippen molar-refractivity contribution in [2.24, 2.45) is 5.16 Å². The summed E-state index contributed by atoms with van der Waals surface area (Å²) in [5, 5.41) is 14.1. The van der Waals surface area contributed by atoms with Crippen LogP contribution in [-0.2, 0) is 9.53 Å². The Balaban J connectivity index is 1.43. The van der Waals surface area contributed by atoms with Crippen LogP contribution in [0.1, 0.15) is 44.7 Å². The topological polar surface area (TPSA) is 100 Å². The first kappa shape index (κ1) is 23.8. The van der Waals surface area contributed by atoms with Gasteiger partial charge in [-0.2, -0.15) is 0 Å². The molecule has 0 radical (unpaired) electrons. The number of rotatable bonds is 9. The molecular formula is C25H29N3O5. The van der Waals surface area contributed by atoms with Crippen LogP contribution in [0.3, 0.4) is 0 Å². The number of benzene rings is 2. The summed E-state index contributed by atoms with van der Waals surface area (Å²) >= 11 is 0. The third-order valence-electron chi connectivity index (χ3n) is 4.86. The predicted molar refractivity (Wildman–Crippen MR) is 125 cm³/mol. The van der Waals surface area contributed by atoms with Gasteiger partial charge < -0.3 is 14.7 Å². The van der Waals surface area contributed by atoms with Gasteiger partial charge in [0.2, 0.25) is 6.41 Å². The van der Waals surface area contributed by atoms with E-state index in [2.05, 4.69) is 10.6 Å². The number of hydrazine groups is 1. The zero-order valence-electron chi connectivity index (χ0n) is 19.1. The van der Waals surface area contributed by atoms with Crippen LogP contribution >= 0.6 is 0 Å². The van der Waals surface area contributed by atoms with Gasteiger partial charge in [0.25, 0.3) is 0 Å². The van der Waals surface area contributed by atoms with Crippen molar-refractivity contribution >= 4 is 18.2 Å². The lowest BCUT2D eigenvalue weighted by Gasteiger charge is -2.23. The molecule has 3 rings (SSSR count). The molecule has 2 N–H and O–H groups in total. The molecule has 33 heavy (non-hydrogen) atoms. The van der Waals surface area contributed by atoms with Crippen LogP contribution in [0.5, 0.6) is 5.75 Å². The minimum absolute atomic E-state index is 0.364. The van der Waals surface area contributed by atoms with Crippen molar-refractivity contribution in [2.45, 2.75) is 39.2 Å². The number of hydrogen-bond acceptors (Lipinski definition) is 6. The fourth-order valence-corrected chi connectivity index (χ4v) is 3.48. The summed E-state index contributed by atoms with van der Waals surface area (Å²) in [6.07, 6.45) is 5.14. The molecule has 0 saturated heterocycles. The Hall–Kier alpha value is -3.81. The van der Waals surface area contributed by atoms with E-state index in [1.165, 1.54) is 5.01 Å². The molecule has 2 aromatic rings. The summed E-state index contributed by atoms with van der Waals surface area (Å²) < 4.78 is 10.9. The second kappa shape index (κ2) is 10.7. The summed E-state index contributed by atoms with van der Waals surface area (Å²) in [6.45, 7) is 6.01. The molecule has 0 atom stereocenters. The second-order valence-corrected chi connectivity index (χ2v) is 8.54. The summed E-state index contributed by atoms with van der Waals surface area (Å²) in [6, 6.07) is 13.6. The highest BCUT2D eigenvalue weighted by Crippen LogP contribution is 2.38. The Morgan fingerprint density at radius 2 is 1.82 bits per heavy atom. The predicted octanol–water partition coefficient (Wildman–Crippen LogP) is 4.51. The molecule has 1 aliphatic rings. The maximum atomic E-state index is 11.7. The van der Waals surface area contributed by atoms with Crippen LogP contribution in [0.15, 0.2) is 59.8 Å². The van der Waals surface area contributed by atoms with Gasteiger partial charge in [0.15, 0.2) is 0 Å². The van der Waals surface area contributed by atoms with E-state index in [1.807, 2.05) is 54.6 Å². The Morgan fingerprint density at radius 3 is 2.52 bits per heavy atom. The van der Waals surface area contributed by atoms with Crippen molar-refractivity contribution < 1.29 is 24.3 Å². The van der Waals surface area contributed by atoms with E-state index in [4.69, 9.17) is 9.47 Å². The maximum absolute atomic E-state index is 11.7. The molecule has 0 aliphatic heterocycles. The Morgan fingerprint density at radius 1 is 1.09 bits per heavy atom. The molecule has 1 aliphatic carbocycles. The third kappa shape index (κ3) is 6.35. The fourth-order valence-electron chi connectivity index (χ4n) is 3.48.